The van der Waals surface area contributed by atoms with E-state index in [1.807, 2.05) is 0 Å². The van der Waals surface area contributed by atoms with Crippen LogP contribution in [0.25, 0.3) is 11.3 Å². The maximum absolute atomic E-state index is 12.9. The Hall–Kier alpha value is -3.26. The highest BCUT2D eigenvalue weighted by atomic mass is 35.5. The number of hydrogen-bond acceptors (Lipinski definition) is 6. The number of nitro groups is 1. The number of carbonyl (C=O) groups is 2. The molecule has 3 fully saturated rings. The summed E-state index contributed by atoms with van der Waals surface area (Å²) in [5.74, 6) is 0.736. The van der Waals surface area contributed by atoms with Gasteiger partial charge in [-0.15, -0.1) is 0 Å². The number of hydrogen-bond donors (Lipinski definition) is 0. The van der Waals surface area contributed by atoms with Crippen LogP contribution in [0.15, 0.2) is 52.0 Å². The van der Waals surface area contributed by atoms with E-state index in [-0.39, 0.29) is 63.3 Å². The third-order valence-corrected chi connectivity index (χ3v) is 7.22. The van der Waals surface area contributed by atoms with E-state index < -0.39 is 4.92 Å². The smallest absolute Gasteiger partial charge is 0.281 e. The monoisotopic (exact) mass is 437 g/mol. The fourth-order valence-electron chi connectivity index (χ4n) is 5.60. The molecule has 2 bridgehead atoms. The van der Waals surface area contributed by atoms with Gasteiger partial charge in [-0.2, -0.15) is 10.1 Å². The van der Waals surface area contributed by atoms with Crippen LogP contribution in [0.1, 0.15) is 12.2 Å². The van der Waals surface area contributed by atoms with Crippen molar-refractivity contribution in [2.45, 2.75) is 6.42 Å². The topological polar surface area (TPSA) is 106 Å². The standard InChI is InChI=1S/C22H16ClN3O5/c23-10-1-3-14(17(7-10)26(29)30)18-6-2-11(31-18)9-24-25-21(27)19-12-4-5-13(16-8-15(12)16)20(19)22(25)28/h1-7,9,12-13,15-16,19-20H,8H2/b24-9-/t12-,13-,15-,16-,19+,20+/m1/s1. The Morgan fingerprint density at radius 2 is 1.77 bits per heavy atom. The Morgan fingerprint density at radius 3 is 2.42 bits per heavy atom. The first kappa shape index (κ1) is 18.5. The van der Waals surface area contributed by atoms with E-state index in [0.717, 1.165) is 11.4 Å². The molecule has 2 heterocycles. The second kappa shape index (κ2) is 6.37. The molecule has 156 valence electrons. The molecular formula is C22H16ClN3O5. The number of allylic oxidation sites excluding steroid dienone is 2. The normalized spacial score (nSPS) is 32.6. The molecule has 2 amide bonds. The van der Waals surface area contributed by atoms with Crippen LogP contribution in [0.3, 0.4) is 0 Å². The molecule has 0 spiro atoms. The van der Waals surface area contributed by atoms with Crippen molar-refractivity contribution in [3.05, 3.63) is 63.4 Å². The Balaban J connectivity index is 1.26. The minimum absolute atomic E-state index is 0.136. The van der Waals surface area contributed by atoms with Crippen molar-refractivity contribution in [1.82, 2.24) is 5.01 Å². The molecule has 6 atom stereocenters. The highest BCUT2D eigenvalue weighted by Crippen LogP contribution is 2.65. The second-order valence-electron chi connectivity index (χ2n) is 8.51. The van der Waals surface area contributed by atoms with Crippen LogP contribution in [-0.4, -0.2) is 28.0 Å². The van der Waals surface area contributed by atoms with Crippen LogP contribution >= 0.6 is 11.6 Å². The quantitative estimate of drug-likeness (QED) is 0.237. The van der Waals surface area contributed by atoms with Crippen molar-refractivity contribution < 1.29 is 18.9 Å². The van der Waals surface area contributed by atoms with E-state index in [2.05, 4.69) is 17.3 Å². The van der Waals surface area contributed by atoms with Gasteiger partial charge in [-0.1, -0.05) is 23.8 Å². The summed E-state index contributed by atoms with van der Waals surface area (Å²) in [4.78, 5) is 36.7. The summed E-state index contributed by atoms with van der Waals surface area (Å²) >= 11 is 5.86. The highest BCUT2D eigenvalue weighted by molar-refractivity contribution is 6.30. The van der Waals surface area contributed by atoms with Gasteiger partial charge in [0.1, 0.15) is 11.5 Å². The van der Waals surface area contributed by atoms with Gasteiger partial charge in [0.05, 0.1) is 28.5 Å². The first-order valence-corrected chi connectivity index (χ1v) is 10.5. The third-order valence-electron chi connectivity index (χ3n) is 6.99. The van der Waals surface area contributed by atoms with E-state index in [4.69, 9.17) is 16.0 Å². The lowest BCUT2D eigenvalue weighted by Gasteiger charge is -2.37. The molecule has 2 saturated carbocycles. The van der Waals surface area contributed by atoms with Crippen LogP contribution < -0.4 is 0 Å². The molecule has 0 unspecified atom stereocenters. The summed E-state index contributed by atoms with van der Waals surface area (Å²) in [5, 5.41) is 16.7. The number of nitro benzene ring substituents is 1. The molecule has 8 nitrogen and oxygen atoms in total. The van der Waals surface area contributed by atoms with Gasteiger partial charge in [0.15, 0.2) is 0 Å². The number of hydrazone groups is 1. The zero-order valence-electron chi connectivity index (χ0n) is 16.1. The minimum atomic E-state index is -0.534. The van der Waals surface area contributed by atoms with Crippen LogP contribution in [0.4, 0.5) is 5.69 Å². The molecule has 5 aliphatic rings. The van der Waals surface area contributed by atoms with Crippen molar-refractivity contribution in [3.63, 3.8) is 0 Å². The predicted octanol–water partition coefficient (Wildman–Crippen LogP) is 3.90. The lowest BCUT2D eigenvalue weighted by Crippen LogP contribution is -2.40. The molecule has 1 aromatic carbocycles. The molecule has 2 aromatic rings. The second-order valence-corrected chi connectivity index (χ2v) is 8.94. The number of benzene rings is 1. The summed E-state index contributed by atoms with van der Waals surface area (Å²) < 4.78 is 5.67. The Labute approximate surface area is 181 Å². The summed E-state index contributed by atoms with van der Waals surface area (Å²) in [5.41, 5.74) is 0.0936. The molecule has 9 heteroatoms. The molecule has 7 rings (SSSR count). The zero-order valence-corrected chi connectivity index (χ0v) is 16.8. The maximum Gasteiger partial charge on any atom is 0.281 e. The Morgan fingerprint density at radius 1 is 1.10 bits per heavy atom. The lowest BCUT2D eigenvalue weighted by atomic mass is 9.63. The van der Waals surface area contributed by atoms with Crippen LogP contribution in [0.5, 0.6) is 0 Å². The summed E-state index contributed by atoms with van der Waals surface area (Å²) in [7, 11) is 0. The number of halogens is 1. The summed E-state index contributed by atoms with van der Waals surface area (Å²) in [6.45, 7) is 0. The number of furan rings is 1. The van der Waals surface area contributed by atoms with Gasteiger partial charge in [-0.3, -0.25) is 19.7 Å². The number of carbonyl (C=O) groups excluding carboxylic acids is 2. The van der Waals surface area contributed by atoms with E-state index in [1.165, 1.54) is 24.4 Å². The lowest BCUT2D eigenvalue weighted by molar-refractivity contribution is -0.384. The molecule has 0 radical (unpaired) electrons. The average Bonchev–Trinajstić information content (AvgIpc) is 3.39. The number of imide groups is 1. The average molecular weight is 438 g/mol. The van der Waals surface area contributed by atoms with Crippen molar-refractivity contribution in [2.24, 2.45) is 40.6 Å². The minimum Gasteiger partial charge on any atom is -0.455 e. The fraction of sp³-hybridized carbons (Fsp3) is 0.318. The van der Waals surface area contributed by atoms with Gasteiger partial charge < -0.3 is 4.42 Å². The molecule has 1 aromatic heterocycles. The van der Waals surface area contributed by atoms with Gasteiger partial charge >= 0.3 is 0 Å². The molecule has 0 N–H and O–H groups in total. The van der Waals surface area contributed by atoms with E-state index in [9.17, 15) is 19.7 Å². The van der Waals surface area contributed by atoms with Crippen molar-refractivity contribution in [1.29, 1.82) is 0 Å². The van der Waals surface area contributed by atoms with E-state index in [0.29, 0.717) is 11.8 Å². The maximum atomic E-state index is 12.9. The number of amides is 2. The van der Waals surface area contributed by atoms with E-state index in [1.54, 1.807) is 12.1 Å². The number of rotatable bonds is 4. The zero-order chi connectivity index (χ0) is 21.4. The van der Waals surface area contributed by atoms with Crippen LogP contribution in [0.2, 0.25) is 5.02 Å². The highest BCUT2D eigenvalue weighted by Gasteiger charge is 2.67. The SMILES string of the molecule is O=C1[C@H]2[C@@H]3C=C[C@H]([C@H]4C[C@H]34)[C@@H]2C(=O)N1/N=C\c1ccc(-c2ccc(Cl)cc2[N+](=O)[O-])o1. The fourth-order valence-corrected chi connectivity index (χ4v) is 5.77. The van der Waals surface area contributed by atoms with Crippen molar-refractivity contribution in [3.8, 4) is 11.3 Å². The molecule has 1 aliphatic heterocycles. The van der Waals surface area contributed by atoms with Crippen LogP contribution in [0, 0.1) is 45.6 Å². The molecule has 31 heavy (non-hydrogen) atoms. The van der Waals surface area contributed by atoms with Gasteiger partial charge in [-0.05, 0) is 54.4 Å². The Kier molecular flexibility index (Phi) is 3.80. The number of nitrogens with zero attached hydrogens (tertiary/aromatic N) is 3. The predicted molar refractivity (Wildman–Crippen MR) is 110 cm³/mol. The van der Waals surface area contributed by atoms with Gasteiger partial charge in [0.25, 0.3) is 17.5 Å². The molecule has 4 aliphatic carbocycles. The molecule has 1 saturated heterocycles. The third kappa shape index (κ3) is 2.64. The van der Waals surface area contributed by atoms with Crippen molar-refractivity contribution in [2.75, 3.05) is 0 Å². The van der Waals surface area contributed by atoms with Crippen molar-refractivity contribution >= 4 is 35.3 Å². The van der Waals surface area contributed by atoms with Gasteiger partial charge in [0, 0.05) is 11.1 Å². The largest absolute Gasteiger partial charge is 0.455 e. The first-order valence-electron chi connectivity index (χ1n) is 10.1. The van der Waals surface area contributed by atoms with E-state index >= 15 is 0 Å². The Bertz CT molecular complexity index is 1180. The first-order chi connectivity index (χ1) is 14.9. The summed E-state index contributed by atoms with van der Waals surface area (Å²) in [6.07, 6.45) is 6.62. The van der Waals surface area contributed by atoms with Gasteiger partial charge in [-0.25, -0.2) is 0 Å². The van der Waals surface area contributed by atoms with Gasteiger partial charge in [0.2, 0.25) is 0 Å². The van der Waals surface area contributed by atoms with Crippen LogP contribution in [-0.2, 0) is 9.59 Å². The molecular weight excluding hydrogens is 422 g/mol. The summed E-state index contributed by atoms with van der Waals surface area (Å²) in [6, 6.07) is 7.45.